The van der Waals surface area contributed by atoms with Gasteiger partial charge in [0, 0.05) is 19.6 Å². The summed E-state index contributed by atoms with van der Waals surface area (Å²) in [4.78, 5) is 12.2. The molecule has 1 aliphatic rings. The van der Waals surface area contributed by atoms with Gasteiger partial charge in [0.25, 0.3) is 0 Å². The van der Waals surface area contributed by atoms with E-state index in [0.717, 1.165) is 11.1 Å². The zero-order chi connectivity index (χ0) is 13.3. The van der Waals surface area contributed by atoms with E-state index in [1.54, 1.807) is 0 Å². The molecule has 0 spiro atoms. The molecule has 1 heterocycles. The van der Waals surface area contributed by atoms with Crippen LogP contribution in [0.25, 0.3) is 0 Å². The number of hydrogen-bond donors (Lipinski definition) is 1. The van der Waals surface area contributed by atoms with Crippen LogP contribution in [0.15, 0.2) is 24.3 Å². The Morgan fingerprint density at radius 2 is 1.78 bits per heavy atom. The lowest BCUT2D eigenvalue weighted by atomic mass is 10.1. The Balaban J connectivity index is 2.06. The van der Waals surface area contributed by atoms with Crippen molar-refractivity contribution in [1.29, 1.82) is 0 Å². The van der Waals surface area contributed by atoms with Crippen molar-refractivity contribution in [2.24, 2.45) is 5.92 Å². The highest BCUT2D eigenvalue weighted by molar-refractivity contribution is 5.71. The smallest absolute Gasteiger partial charge is 0.403 e. The Bertz CT molecular complexity index is 434. The van der Waals surface area contributed by atoms with Crippen molar-refractivity contribution in [1.82, 2.24) is 4.90 Å². The van der Waals surface area contributed by atoms with Gasteiger partial charge in [-0.15, -0.1) is 0 Å². The van der Waals surface area contributed by atoms with E-state index in [0.29, 0.717) is 13.1 Å². The summed E-state index contributed by atoms with van der Waals surface area (Å²) in [6, 6.07) is 7.33. The van der Waals surface area contributed by atoms with Crippen LogP contribution in [-0.4, -0.2) is 28.7 Å². The van der Waals surface area contributed by atoms with Crippen LogP contribution in [0.1, 0.15) is 11.1 Å². The monoisotopic (exact) mass is 259 g/mol. The van der Waals surface area contributed by atoms with E-state index in [2.05, 4.69) is 0 Å². The van der Waals surface area contributed by atoms with Gasteiger partial charge in [-0.2, -0.15) is 13.2 Å². The molecular weight excluding hydrogens is 247 g/mol. The Morgan fingerprint density at radius 3 is 2.17 bits per heavy atom. The van der Waals surface area contributed by atoms with E-state index >= 15 is 0 Å². The van der Waals surface area contributed by atoms with Crippen molar-refractivity contribution in [2.75, 3.05) is 6.54 Å². The van der Waals surface area contributed by atoms with Gasteiger partial charge in [0.05, 0.1) is 0 Å². The number of carboxylic acid groups (broad SMARTS) is 1. The van der Waals surface area contributed by atoms with E-state index in [-0.39, 0.29) is 0 Å². The average Bonchev–Trinajstić information content (AvgIpc) is 2.66. The van der Waals surface area contributed by atoms with Crippen molar-refractivity contribution in [3.63, 3.8) is 0 Å². The number of halogens is 3. The Morgan fingerprint density at radius 1 is 1.28 bits per heavy atom. The summed E-state index contributed by atoms with van der Waals surface area (Å²) in [5.41, 5.74) is 1.92. The molecule has 0 bridgehead atoms. The molecule has 98 valence electrons. The van der Waals surface area contributed by atoms with Gasteiger partial charge in [0.1, 0.15) is 0 Å². The highest BCUT2D eigenvalue weighted by Gasteiger charge is 2.46. The maximum atomic E-state index is 12.5. The first-order valence-electron chi connectivity index (χ1n) is 5.46. The van der Waals surface area contributed by atoms with Crippen molar-refractivity contribution in [3.05, 3.63) is 35.4 Å². The lowest BCUT2D eigenvalue weighted by Gasteiger charge is -2.22. The number of carboxylic acids is 1. The topological polar surface area (TPSA) is 40.5 Å². The zero-order valence-corrected chi connectivity index (χ0v) is 9.44. The van der Waals surface area contributed by atoms with Crippen LogP contribution in [0.4, 0.5) is 13.2 Å². The predicted molar refractivity (Wildman–Crippen MR) is 57.7 cm³/mol. The molecule has 1 atom stereocenters. The van der Waals surface area contributed by atoms with Crippen molar-refractivity contribution in [2.45, 2.75) is 19.3 Å². The molecule has 6 heteroatoms. The zero-order valence-electron chi connectivity index (χ0n) is 9.44. The first-order valence-corrected chi connectivity index (χ1v) is 5.46. The molecule has 1 N–H and O–H groups in total. The normalized spacial score (nSPS) is 17.5. The number of rotatable bonds is 3. The average molecular weight is 259 g/mol. The van der Waals surface area contributed by atoms with Gasteiger partial charge in [0.15, 0.2) is 5.92 Å². The molecule has 0 amide bonds. The third-order valence-electron chi connectivity index (χ3n) is 3.04. The molecule has 0 fully saturated rings. The van der Waals surface area contributed by atoms with Crippen molar-refractivity contribution >= 4 is 5.97 Å². The quantitative estimate of drug-likeness (QED) is 0.905. The fourth-order valence-corrected chi connectivity index (χ4v) is 2.11. The number of nitrogens with zero attached hydrogens (tertiary/aromatic N) is 1. The lowest BCUT2D eigenvalue weighted by Crippen LogP contribution is -2.39. The second-order valence-electron chi connectivity index (χ2n) is 4.37. The number of benzene rings is 1. The summed E-state index contributed by atoms with van der Waals surface area (Å²) < 4.78 is 37.6. The fraction of sp³-hybridized carbons (Fsp3) is 0.417. The summed E-state index contributed by atoms with van der Waals surface area (Å²) in [7, 11) is 0. The Labute approximate surface area is 102 Å². The van der Waals surface area contributed by atoms with Gasteiger partial charge in [-0.05, 0) is 11.1 Å². The standard InChI is InChI=1S/C12H12F3NO2/c13-12(14,15)10(11(17)18)7-16-5-8-3-1-2-4-9(8)6-16/h1-4,10H,5-7H2,(H,17,18). The molecule has 3 nitrogen and oxygen atoms in total. The molecule has 0 aromatic heterocycles. The minimum absolute atomic E-state index is 0.371. The van der Waals surface area contributed by atoms with Crippen LogP contribution in [0.2, 0.25) is 0 Å². The Kier molecular flexibility index (Phi) is 3.30. The molecule has 2 rings (SSSR count). The number of fused-ring (bicyclic) bond motifs is 1. The first kappa shape index (κ1) is 12.9. The number of hydrogen-bond acceptors (Lipinski definition) is 2. The number of carbonyl (C=O) groups is 1. The lowest BCUT2D eigenvalue weighted by molar-refractivity contribution is -0.196. The third-order valence-corrected chi connectivity index (χ3v) is 3.04. The summed E-state index contributed by atoms with van der Waals surface area (Å²) in [6.45, 7) is 0.236. The van der Waals surface area contributed by atoms with Crippen LogP contribution >= 0.6 is 0 Å². The van der Waals surface area contributed by atoms with Gasteiger partial charge in [-0.25, -0.2) is 0 Å². The summed E-state index contributed by atoms with van der Waals surface area (Å²) in [5.74, 6) is -4.15. The maximum absolute atomic E-state index is 12.5. The molecule has 1 aliphatic heterocycles. The fourth-order valence-electron chi connectivity index (χ4n) is 2.11. The van der Waals surface area contributed by atoms with Gasteiger partial charge < -0.3 is 5.11 Å². The van der Waals surface area contributed by atoms with Crippen LogP contribution in [0.5, 0.6) is 0 Å². The maximum Gasteiger partial charge on any atom is 0.403 e. The van der Waals surface area contributed by atoms with Gasteiger partial charge in [0.2, 0.25) is 0 Å². The third kappa shape index (κ3) is 2.64. The van der Waals surface area contributed by atoms with E-state index in [1.165, 1.54) is 4.90 Å². The highest BCUT2D eigenvalue weighted by Crippen LogP contribution is 2.30. The van der Waals surface area contributed by atoms with Crippen molar-refractivity contribution < 1.29 is 23.1 Å². The molecule has 18 heavy (non-hydrogen) atoms. The van der Waals surface area contributed by atoms with Gasteiger partial charge >= 0.3 is 12.1 Å². The second-order valence-corrected chi connectivity index (χ2v) is 4.37. The summed E-state index contributed by atoms with van der Waals surface area (Å²) in [6.07, 6.45) is -4.71. The molecule has 0 aliphatic carbocycles. The molecule has 1 unspecified atom stereocenters. The number of aliphatic carboxylic acids is 1. The SMILES string of the molecule is O=C(O)C(CN1Cc2ccccc2C1)C(F)(F)F. The predicted octanol–water partition coefficient (Wildman–Crippen LogP) is 2.27. The highest BCUT2D eigenvalue weighted by atomic mass is 19.4. The molecule has 0 saturated heterocycles. The minimum Gasteiger partial charge on any atom is -0.481 e. The molecule has 1 aromatic carbocycles. The molecular formula is C12H12F3NO2. The van der Waals surface area contributed by atoms with Crippen molar-refractivity contribution in [3.8, 4) is 0 Å². The summed E-state index contributed by atoms with van der Waals surface area (Å²) >= 11 is 0. The first-order chi connectivity index (χ1) is 8.38. The van der Waals surface area contributed by atoms with E-state index in [4.69, 9.17) is 5.11 Å². The second kappa shape index (κ2) is 4.61. The minimum atomic E-state index is -4.71. The number of alkyl halides is 3. The Hall–Kier alpha value is -1.56. The largest absolute Gasteiger partial charge is 0.481 e. The van der Waals surface area contributed by atoms with E-state index < -0.39 is 24.6 Å². The van der Waals surface area contributed by atoms with Crippen LogP contribution in [0, 0.1) is 5.92 Å². The molecule has 0 saturated carbocycles. The van der Waals surface area contributed by atoms with Gasteiger partial charge in [-0.1, -0.05) is 24.3 Å². The summed E-state index contributed by atoms with van der Waals surface area (Å²) in [5, 5.41) is 8.64. The van der Waals surface area contributed by atoms with Crippen LogP contribution < -0.4 is 0 Å². The van der Waals surface area contributed by atoms with E-state index in [1.807, 2.05) is 24.3 Å². The van der Waals surface area contributed by atoms with E-state index in [9.17, 15) is 18.0 Å². The van der Waals surface area contributed by atoms with Gasteiger partial charge in [-0.3, -0.25) is 9.69 Å². The van der Waals surface area contributed by atoms with Crippen LogP contribution in [-0.2, 0) is 17.9 Å². The van der Waals surface area contributed by atoms with Crippen LogP contribution in [0.3, 0.4) is 0 Å². The molecule has 1 aromatic rings. The molecule has 0 radical (unpaired) electrons.